The Labute approximate surface area is 160 Å². The smallest absolute Gasteiger partial charge is 0.356 e. The normalized spacial score (nSPS) is 22.8. The predicted octanol–water partition coefficient (Wildman–Crippen LogP) is 0.925. The standard InChI is InChI=1S/C18H22N2O6S/c1-9(21)12-15(23)20-13(17(24)25)14(26-16(12)20)18(2,3)8-19-11(22)7-10-5-4-6-27-10/h4-6,9,12,16,21H,7-8H2,1-3H3,(H,19,22)(H,24,25)/t9-,12+,16-/m1/s1. The maximum absolute atomic E-state index is 12.2. The van der Waals surface area contributed by atoms with Crippen molar-refractivity contribution in [1.29, 1.82) is 0 Å². The van der Waals surface area contributed by atoms with Crippen LogP contribution in [0.15, 0.2) is 29.0 Å². The van der Waals surface area contributed by atoms with E-state index in [-0.39, 0.29) is 30.3 Å². The van der Waals surface area contributed by atoms with Crippen molar-refractivity contribution in [3.8, 4) is 0 Å². The number of aliphatic carboxylic acids is 1. The van der Waals surface area contributed by atoms with E-state index in [1.54, 1.807) is 13.8 Å². The van der Waals surface area contributed by atoms with E-state index in [1.807, 2.05) is 17.5 Å². The van der Waals surface area contributed by atoms with Crippen LogP contribution in [0.5, 0.6) is 0 Å². The minimum atomic E-state index is -1.28. The lowest BCUT2D eigenvalue weighted by molar-refractivity contribution is -0.183. The van der Waals surface area contributed by atoms with E-state index in [0.717, 1.165) is 9.78 Å². The number of hydrogen-bond donors (Lipinski definition) is 3. The molecule has 2 aliphatic rings. The molecule has 0 spiro atoms. The number of aliphatic hydroxyl groups excluding tert-OH is 1. The van der Waals surface area contributed by atoms with E-state index in [0.29, 0.717) is 0 Å². The molecule has 3 rings (SSSR count). The van der Waals surface area contributed by atoms with Crippen LogP contribution in [0.2, 0.25) is 0 Å². The number of amides is 2. The summed E-state index contributed by atoms with van der Waals surface area (Å²) >= 11 is 1.49. The molecule has 3 heterocycles. The minimum absolute atomic E-state index is 0.132. The van der Waals surface area contributed by atoms with Gasteiger partial charge in [-0.05, 0) is 18.4 Å². The molecule has 9 heteroatoms. The Morgan fingerprint density at radius 1 is 1.44 bits per heavy atom. The van der Waals surface area contributed by atoms with Gasteiger partial charge in [0, 0.05) is 16.8 Å². The lowest BCUT2D eigenvalue weighted by Crippen LogP contribution is -2.62. The fourth-order valence-electron chi connectivity index (χ4n) is 3.29. The third-order valence-electron chi connectivity index (χ3n) is 4.76. The van der Waals surface area contributed by atoms with Gasteiger partial charge in [-0.25, -0.2) is 4.79 Å². The van der Waals surface area contributed by atoms with Crippen LogP contribution in [0.4, 0.5) is 0 Å². The van der Waals surface area contributed by atoms with E-state index in [1.165, 1.54) is 18.3 Å². The topological polar surface area (TPSA) is 116 Å². The van der Waals surface area contributed by atoms with Crippen molar-refractivity contribution in [2.45, 2.75) is 39.5 Å². The Bertz CT molecular complexity index is 799. The first-order chi connectivity index (χ1) is 12.6. The van der Waals surface area contributed by atoms with Gasteiger partial charge in [-0.15, -0.1) is 11.3 Å². The molecule has 1 saturated heterocycles. The fourth-order valence-corrected chi connectivity index (χ4v) is 4.00. The van der Waals surface area contributed by atoms with Crippen LogP contribution < -0.4 is 5.32 Å². The van der Waals surface area contributed by atoms with Crippen molar-refractivity contribution in [3.63, 3.8) is 0 Å². The van der Waals surface area contributed by atoms with Gasteiger partial charge in [0.15, 0.2) is 11.9 Å². The first kappa shape index (κ1) is 19.4. The van der Waals surface area contributed by atoms with E-state index in [9.17, 15) is 24.6 Å². The molecule has 3 atom stereocenters. The Balaban J connectivity index is 1.74. The fraction of sp³-hybridized carbons (Fsp3) is 0.500. The Morgan fingerprint density at radius 2 is 2.15 bits per heavy atom. The number of nitrogens with one attached hydrogen (secondary N) is 1. The van der Waals surface area contributed by atoms with Crippen LogP contribution in [-0.2, 0) is 25.5 Å². The van der Waals surface area contributed by atoms with E-state index < -0.39 is 35.5 Å². The number of fused-ring (bicyclic) bond motifs is 1. The molecule has 27 heavy (non-hydrogen) atoms. The number of carbonyl (C=O) groups excluding carboxylic acids is 2. The lowest BCUT2D eigenvalue weighted by Gasteiger charge is -2.42. The Kier molecular flexibility index (Phi) is 5.00. The van der Waals surface area contributed by atoms with E-state index in [4.69, 9.17) is 4.74 Å². The van der Waals surface area contributed by atoms with Gasteiger partial charge in [0.25, 0.3) is 0 Å². The van der Waals surface area contributed by atoms with Crippen molar-refractivity contribution < 1.29 is 29.3 Å². The summed E-state index contributed by atoms with van der Waals surface area (Å²) in [5.41, 5.74) is -1.07. The van der Waals surface area contributed by atoms with Crippen molar-refractivity contribution in [1.82, 2.24) is 10.2 Å². The Hall–Kier alpha value is -2.39. The highest BCUT2D eigenvalue weighted by Crippen LogP contribution is 2.46. The monoisotopic (exact) mass is 394 g/mol. The predicted molar refractivity (Wildman–Crippen MR) is 96.4 cm³/mol. The van der Waals surface area contributed by atoms with Gasteiger partial charge in [0.05, 0.1) is 12.5 Å². The van der Waals surface area contributed by atoms with Crippen molar-refractivity contribution in [3.05, 3.63) is 33.8 Å². The van der Waals surface area contributed by atoms with Gasteiger partial charge in [0.2, 0.25) is 11.8 Å². The number of carbonyl (C=O) groups is 3. The van der Waals surface area contributed by atoms with Gasteiger partial charge in [0.1, 0.15) is 11.7 Å². The molecular weight excluding hydrogens is 372 g/mol. The molecule has 0 radical (unpaired) electrons. The number of carboxylic acid groups (broad SMARTS) is 1. The lowest BCUT2D eigenvalue weighted by atomic mass is 9.88. The summed E-state index contributed by atoms with van der Waals surface area (Å²) < 4.78 is 5.78. The highest BCUT2D eigenvalue weighted by atomic mass is 32.1. The summed E-state index contributed by atoms with van der Waals surface area (Å²) in [4.78, 5) is 38.1. The maximum Gasteiger partial charge on any atom is 0.356 e. The van der Waals surface area contributed by atoms with Gasteiger partial charge >= 0.3 is 5.97 Å². The van der Waals surface area contributed by atoms with Gasteiger partial charge in [-0.1, -0.05) is 19.9 Å². The van der Waals surface area contributed by atoms with Crippen LogP contribution in [0.1, 0.15) is 25.6 Å². The molecule has 2 amide bonds. The molecule has 8 nitrogen and oxygen atoms in total. The summed E-state index contributed by atoms with van der Waals surface area (Å²) in [7, 11) is 0. The Morgan fingerprint density at radius 3 is 2.70 bits per heavy atom. The average molecular weight is 394 g/mol. The second-order valence-electron chi connectivity index (χ2n) is 7.38. The summed E-state index contributed by atoms with van der Waals surface area (Å²) in [6, 6.07) is 3.74. The molecule has 1 fully saturated rings. The van der Waals surface area contributed by atoms with Gasteiger partial charge < -0.3 is 20.3 Å². The zero-order valence-electron chi connectivity index (χ0n) is 15.3. The molecular formula is C18H22N2O6S. The average Bonchev–Trinajstić information content (AvgIpc) is 3.18. The molecule has 0 saturated carbocycles. The molecule has 0 bridgehead atoms. The summed E-state index contributed by atoms with van der Waals surface area (Å²) in [6.45, 7) is 5.10. The molecule has 3 N–H and O–H groups in total. The summed E-state index contributed by atoms with van der Waals surface area (Å²) in [6.07, 6.45) is -1.52. The third kappa shape index (κ3) is 3.44. The number of hydrogen-bond acceptors (Lipinski definition) is 6. The highest BCUT2D eigenvalue weighted by Gasteiger charge is 2.60. The first-order valence-electron chi connectivity index (χ1n) is 8.58. The second kappa shape index (κ2) is 6.97. The summed E-state index contributed by atoms with van der Waals surface area (Å²) in [5, 5.41) is 24.0. The molecule has 1 aromatic rings. The van der Waals surface area contributed by atoms with E-state index >= 15 is 0 Å². The molecule has 0 aliphatic carbocycles. The van der Waals surface area contributed by atoms with Crippen molar-refractivity contribution in [2.24, 2.45) is 11.3 Å². The van der Waals surface area contributed by atoms with Crippen LogP contribution in [0.3, 0.4) is 0 Å². The van der Waals surface area contributed by atoms with Crippen LogP contribution >= 0.6 is 11.3 Å². The quantitative estimate of drug-likeness (QED) is 0.593. The number of β-lactam (4-membered cyclic amide) rings is 1. The molecule has 0 aromatic carbocycles. The zero-order chi connectivity index (χ0) is 19.9. The number of rotatable bonds is 7. The minimum Gasteiger partial charge on any atom is -0.476 e. The van der Waals surface area contributed by atoms with Gasteiger partial charge in [-0.3, -0.25) is 14.5 Å². The number of aliphatic hydroxyl groups is 1. The highest BCUT2D eigenvalue weighted by molar-refractivity contribution is 7.10. The number of ether oxygens (including phenoxy) is 1. The van der Waals surface area contributed by atoms with Crippen molar-refractivity contribution in [2.75, 3.05) is 6.54 Å². The SMILES string of the molecule is C[C@@H](O)[C@H]1C(=O)N2C(C(=O)O)=C(C(C)(C)CNC(=O)Cc3cccs3)O[C@H]12. The molecule has 0 unspecified atom stereocenters. The number of carboxylic acids is 1. The van der Waals surface area contributed by atoms with Crippen molar-refractivity contribution >= 4 is 29.1 Å². The van der Waals surface area contributed by atoms with Crippen LogP contribution in [-0.4, -0.2) is 51.8 Å². The summed E-state index contributed by atoms with van der Waals surface area (Å²) in [5.74, 6) is -2.58. The van der Waals surface area contributed by atoms with Crippen LogP contribution in [0.25, 0.3) is 0 Å². The molecule has 146 valence electrons. The largest absolute Gasteiger partial charge is 0.476 e. The number of thiophene rings is 1. The second-order valence-corrected chi connectivity index (χ2v) is 8.41. The molecule has 1 aromatic heterocycles. The van der Waals surface area contributed by atoms with Crippen LogP contribution in [0, 0.1) is 11.3 Å². The van der Waals surface area contributed by atoms with E-state index in [2.05, 4.69) is 5.32 Å². The van der Waals surface area contributed by atoms with Gasteiger partial charge in [-0.2, -0.15) is 0 Å². The third-order valence-corrected chi connectivity index (χ3v) is 5.63. The number of nitrogens with zero attached hydrogens (tertiary/aromatic N) is 1. The first-order valence-corrected chi connectivity index (χ1v) is 9.46. The maximum atomic E-state index is 12.2. The molecule has 2 aliphatic heterocycles. The zero-order valence-corrected chi connectivity index (χ0v) is 16.1.